The summed E-state index contributed by atoms with van der Waals surface area (Å²) in [7, 11) is 0. The molecule has 0 aliphatic carbocycles. The van der Waals surface area contributed by atoms with Crippen LogP contribution < -0.4 is 5.73 Å². The van der Waals surface area contributed by atoms with Gasteiger partial charge in [-0.1, -0.05) is 0 Å². The average Bonchev–Trinajstić information content (AvgIpc) is 2.64. The van der Waals surface area contributed by atoms with E-state index in [1.165, 1.54) is 11.1 Å². The molecule has 0 aliphatic rings. The van der Waals surface area contributed by atoms with Gasteiger partial charge in [0.15, 0.2) is 0 Å². The SMILES string of the molecule is Cc1cc(N)c(-c2ccc[nH]2)cc1C. The fourth-order valence-corrected chi connectivity index (χ4v) is 1.57. The maximum atomic E-state index is 5.96. The molecular formula is C12H14N2. The second-order valence-electron chi connectivity index (χ2n) is 3.61. The maximum absolute atomic E-state index is 5.96. The number of benzene rings is 1. The number of rotatable bonds is 1. The second kappa shape index (κ2) is 3.22. The predicted molar refractivity (Wildman–Crippen MR) is 60.1 cm³/mol. The Hall–Kier alpha value is -1.70. The molecule has 0 aliphatic heterocycles. The van der Waals surface area contributed by atoms with Crippen LogP contribution in [0.2, 0.25) is 0 Å². The normalized spacial score (nSPS) is 10.4. The quantitative estimate of drug-likeness (QED) is 0.661. The highest BCUT2D eigenvalue weighted by molar-refractivity contribution is 5.75. The Bertz CT molecular complexity index is 442. The summed E-state index contributed by atoms with van der Waals surface area (Å²) >= 11 is 0. The summed E-state index contributed by atoms with van der Waals surface area (Å²) in [6.07, 6.45) is 1.91. The van der Waals surface area contributed by atoms with Gasteiger partial charge in [0.2, 0.25) is 0 Å². The number of H-pyrrole nitrogens is 1. The van der Waals surface area contributed by atoms with Crippen molar-refractivity contribution in [3.05, 3.63) is 41.6 Å². The molecule has 0 spiro atoms. The number of aromatic amines is 1. The smallest absolute Gasteiger partial charge is 0.0474 e. The van der Waals surface area contributed by atoms with E-state index >= 15 is 0 Å². The van der Waals surface area contributed by atoms with E-state index in [0.717, 1.165) is 16.9 Å². The minimum atomic E-state index is 0.829. The van der Waals surface area contributed by atoms with Gasteiger partial charge in [-0.15, -0.1) is 0 Å². The molecule has 3 N–H and O–H groups in total. The van der Waals surface area contributed by atoms with Gasteiger partial charge in [-0.3, -0.25) is 0 Å². The van der Waals surface area contributed by atoms with Crippen molar-refractivity contribution in [2.75, 3.05) is 5.73 Å². The number of aromatic nitrogens is 1. The molecule has 0 saturated heterocycles. The van der Waals surface area contributed by atoms with Gasteiger partial charge in [0.1, 0.15) is 0 Å². The van der Waals surface area contributed by atoms with Crippen LogP contribution >= 0.6 is 0 Å². The summed E-state index contributed by atoms with van der Waals surface area (Å²) in [6.45, 7) is 4.17. The Kier molecular flexibility index (Phi) is 2.04. The lowest BCUT2D eigenvalue weighted by atomic mass is 10.0. The monoisotopic (exact) mass is 186 g/mol. The zero-order valence-electron chi connectivity index (χ0n) is 8.46. The van der Waals surface area contributed by atoms with Crippen LogP contribution in [0, 0.1) is 13.8 Å². The molecule has 0 amide bonds. The van der Waals surface area contributed by atoms with Crippen molar-refractivity contribution < 1.29 is 0 Å². The molecule has 0 unspecified atom stereocenters. The predicted octanol–water partition coefficient (Wildman–Crippen LogP) is 2.88. The van der Waals surface area contributed by atoms with Crippen molar-refractivity contribution in [3.63, 3.8) is 0 Å². The van der Waals surface area contributed by atoms with Gasteiger partial charge >= 0.3 is 0 Å². The van der Waals surface area contributed by atoms with Crippen LogP contribution in [0.4, 0.5) is 5.69 Å². The largest absolute Gasteiger partial charge is 0.398 e. The molecule has 2 aromatic rings. The Morgan fingerprint density at radius 3 is 2.50 bits per heavy atom. The number of nitrogen functional groups attached to an aromatic ring is 1. The highest BCUT2D eigenvalue weighted by Crippen LogP contribution is 2.27. The van der Waals surface area contributed by atoms with Crippen molar-refractivity contribution in [1.82, 2.24) is 4.98 Å². The van der Waals surface area contributed by atoms with E-state index < -0.39 is 0 Å². The summed E-state index contributed by atoms with van der Waals surface area (Å²) in [6, 6.07) is 8.15. The minimum absolute atomic E-state index is 0.829. The first-order valence-corrected chi connectivity index (χ1v) is 4.69. The number of hydrogen-bond donors (Lipinski definition) is 2. The first-order chi connectivity index (χ1) is 6.68. The van der Waals surface area contributed by atoms with E-state index in [9.17, 15) is 0 Å². The lowest BCUT2D eigenvalue weighted by molar-refractivity contribution is 1.32. The van der Waals surface area contributed by atoms with Gasteiger partial charge in [-0.2, -0.15) is 0 Å². The van der Waals surface area contributed by atoms with E-state index in [0.29, 0.717) is 0 Å². The molecule has 0 fully saturated rings. The van der Waals surface area contributed by atoms with Gasteiger partial charge in [0.25, 0.3) is 0 Å². The lowest BCUT2D eigenvalue weighted by Crippen LogP contribution is -1.93. The zero-order valence-corrected chi connectivity index (χ0v) is 8.46. The van der Waals surface area contributed by atoms with E-state index in [1.807, 2.05) is 24.4 Å². The number of aryl methyl sites for hydroxylation is 2. The molecule has 72 valence electrons. The molecule has 1 aromatic heterocycles. The molecule has 14 heavy (non-hydrogen) atoms. The summed E-state index contributed by atoms with van der Waals surface area (Å²) in [5, 5.41) is 0. The van der Waals surface area contributed by atoms with E-state index in [-0.39, 0.29) is 0 Å². The van der Waals surface area contributed by atoms with Crippen LogP contribution in [0.5, 0.6) is 0 Å². The summed E-state index contributed by atoms with van der Waals surface area (Å²) < 4.78 is 0. The summed E-state index contributed by atoms with van der Waals surface area (Å²) in [4.78, 5) is 3.16. The molecule has 2 heteroatoms. The van der Waals surface area contributed by atoms with Crippen LogP contribution in [-0.2, 0) is 0 Å². The van der Waals surface area contributed by atoms with Crippen LogP contribution in [0.3, 0.4) is 0 Å². The Morgan fingerprint density at radius 1 is 1.14 bits per heavy atom. The van der Waals surface area contributed by atoms with Crippen LogP contribution in [0.25, 0.3) is 11.3 Å². The fourth-order valence-electron chi connectivity index (χ4n) is 1.57. The van der Waals surface area contributed by atoms with Gasteiger partial charge in [-0.25, -0.2) is 0 Å². The molecule has 0 bridgehead atoms. The van der Waals surface area contributed by atoms with Crippen LogP contribution in [-0.4, -0.2) is 4.98 Å². The number of nitrogens with two attached hydrogens (primary N) is 1. The Morgan fingerprint density at radius 2 is 1.86 bits per heavy atom. The highest BCUT2D eigenvalue weighted by Gasteiger charge is 2.04. The lowest BCUT2D eigenvalue weighted by Gasteiger charge is -2.07. The third kappa shape index (κ3) is 1.39. The highest BCUT2D eigenvalue weighted by atomic mass is 14.7. The molecule has 2 rings (SSSR count). The molecule has 0 atom stereocenters. The van der Waals surface area contributed by atoms with E-state index in [1.54, 1.807) is 0 Å². The van der Waals surface area contributed by atoms with Gasteiger partial charge in [0.05, 0.1) is 0 Å². The number of anilines is 1. The minimum Gasteiger partial charge on any atom is -0.398 e. The van der Waals surface area contributed by atoms with Crippen molar-refractivity contribution in [2.45, 2.75) is 13.8 Å². The standard InChI is InChI=1S/C12H14N2/c1-8-6-10(11(13)7-9(8)2)12-4-3-5-14-12/h3-7,14H,13H2,1-2H3. The molecule has 1 aromatic carbocycles. The van der Waals surface area contributed by atoms with E-state index in [2.05, 4.69) is 24.9 Å². The topological polar surface area (TPSA) is 41.8 Å². The van der Waals surface area contributed by atoms with E-state index in [4.69, 9.17) is 5.73 Å². The molecule has 2 nitrogen and oxygen atoms in total. The Labute approximate surface area is 83.8 Å². The van der Waals surface area contributed by atoms with Gasteiger partial charge < -0.3 is 10.7 Å². The molecule has 0 radical (unpaired) electrons. The van der Waals surface area contributed by atoms with Crippen molar-refractivity contribution in [2.24, 2.45) is 0 Å². The first kappa shape index (κ1) is 8.88. The number of nitrogens with one attached hydrogen (secondary N) is 1. The van der Waals surface area contributed by atoms with Crippen LogP contribution in [0.15, 0.2) is 30.5 Å². The fraction of sp³-hybridized carbons (Fsp3) is 0.167. The molecular weight excluding hydrogens is 172 g/mol. The average molecular weight is 186 g/mol. The third-order valence-corrected chi connectivity index (χ3v) is 2.55. The zero-order chi connectivity index (χ0) is 10.1. The van der Waals surface area contributed by atoms with Crippen molar-refractivity contribution in [1.29, 1.82) is 0 Å². The number of hydrogen-bond acceptors (Lipinski definition) is 1. The second-order valence-corrected chi connectivity index (χ2v) is 3.61. The van der Waals surface area contributed by atoms with Crippen molar-refractivity contribution in [3.8, 4) is 11.3 Å². The first-order valence-electron chi connectivity index (χ1n) is 4.69. The summed E-state index contributed by atoms with van der Waals surface area (Å²) in [5.41, 5.74) is 11.4. The Balaban J connectivity index is 2.60. The maximum Gasteiger partial charge on any atom is 0.0474 e. The van der Waals surface area contributed by atoms with Gasteiger partial charge in [0, 0.05) is 23.1 Å². The van der Waals surface area contributed by atoms with Crippen molar-refractivity contribution >= 4 is 5.69 Å². The van der Waals surface area contributed by atoms with Gasteiger partial charge in [-0.05, 0) is 49.2 Å². The molecule has 0 saturated carbocycles. The summed E-state index contributed by atoms with van der Waals surface area (Å²) in [5.74, 6) is 0. The third-order valence-electron chi connectivity index (χ3n) is 2.55. The van der Waals surface area contributed by atoms with Crippen LogP contribution in [0.1, 0.15) is 11.1 Å². The molecule has 1 heterocycles.